The molecule has 0 spiro atoms. The minimum atomic E-state index is 0. The largest absolute Gasteiger partial charge is 0.508 e. The van der Waals surface area contributed by atoms with Gasteiger partial charge in [-0.3, -0.25) is 0 Å². The van der Waals surface area contributed by atoms with Crippen LogP contribution in [-0.2, 0) is 5.33 Å². The van der Waals surface area contributed by atoms with Gasteiger partial charge in [0.05, 0.1) is 0 Å². The summed E-state index contributed by atoms with van der Waals surface area (Å²) in [5.41, 5.74) is 6.85. The van der Waals surface area contributed by atoms with Gasteiger partial charge in [-0.25, -0.2) is 0 Å². The standard InChI is InChI=1S/C7H8BrNO.BrH/c8-4-5-1-2-6(9)3-7(5)10;/h1-3,10H,4,9H2;1H. The highest BCUT2D eigenvalue weighted by Crippen LogP contribution is 2.21. The van der Waals surface area contributed by atoms with Crippen LogP contribution in [0.5, 0.6) is 5.75 Å². The number of alkyl halides is 1. The van der Waals surface area contributed by atoms with E-state index in [0.29, 0.717) is 11.0 Å². The topological polar surface area (TPSA) is 46.2 Å². The van der Waals surface area contributed by atoms with E-state index in [9.17, 15) is 5.11 Å². The summed E-state index contributed by atoms with van der Waals surface area (Å²) < 4.78 is 0. The highest BCUT2D eigenvalue weighted by molar-refractivity contribution is 9.08. The molecule has 62 valence electrons. The molecule has 0 aliphatic heterocycles. The van der Waals surface area contributed by atoms with E-state index >= 15 is 0 Å². The predicted molar refractivity (Wildman–Crippen MR) is 55.5 cm³/mol. The van der Waals surface area contributed by atoms with Gasteiger partial charge in [-0.2, -0.15) is 0 Å². The van der Waals surface area contributed by atoms with Crippen LogP contribution in [0.4, 0.5) is 5.69 Å². The number of nitrogen functional groups attached to an aromatic ring is 1. The summed E-state index contributed by atoms with van der Waals surface area (Å²) in [6.07, 6.45) is 0. The maximum absolute atomic E-state index is 9.18. The first kappa shape index (κ1) is 10.8. The number of benzene rings is 1. The number of rotatable bonds is 1. The molecule has 11 heavy (non-hydrogen) atoms. The highest BCUT2D eigenvalue weighted by Gasteiger charge is 1.97. The fraction of sp³-hybridized carbons (Fsp3) is 0.143. The average Bonchev–Trinajstić information content (AvgIpc) is 1.88. The fourth-order valence-electron chi connectivity index (χ4n) is 0.694. The van der Waals surface area contributed by atoms with Crippen molar-refractivity contribution >= 4 is 38.6 Å². The van der Waals surface area contributed by atoms with E-state index in [1.807, 2.05) is 0 Å². The summed E-state index contributed by atoms with van der Waals surface area (Å²) in [7, 11) is 0. The van der Waals surface area contributed by atoms with Crippen LogP contribution in [0, 0.1) is 0 Å². The molecule has 0 fully saturated rings. The van der Waals surface area contributed by atoms with Crippen molar-refractivity contribution in [2.75, 3.05) is 5.73 Å². The maximum Gasteiger partial charge on any atom is 0.121 e. The van der Waals surface area contributed by atoms with Crippen LogP contribution in [-0.4, -0.2) is 5.11 Å². The molecule has 0 atom stereocenters. The molecule has 0 radical (unpaired) electrons. The first-order valence-electron chi connectivity index (χ1n) is 2.87. The molecular formula is C7H9Br2NO. The fourth-order valence-corrected chi connectivity index (χ4v) is 1.17. The zero-order chi connectivity index (χ0) is 7.56. The molecule has 0 saturated heterocycles. The molecule has 0 aliphatic carbocycles. The lowest BCUT2D eigenvalue weighted by molar-refractivity contribution is 0.471. The second kappa shape index (κ2) is 4.62. The minimum absolute atomic E-state index is 0. The summed E-state index contributed by atoms with van der Waals surface area (Å²) in [5, 5.41) is 9.83. The van der Waals surface area contributed by atoms with Gasteiger partial charge in [0.15, 0.2) is 0 Å². The first-order valence-corrected chi connectivity index (χ1v) is 3.99. The number of hydrogen-bond donors (Lipinski definition) is 2. The molecule has 0 amide bonds. The van der Waals surface area contributed by atoms with Crippen molar-refractivity contribution in [3.63, 3.8) is 0 Å². The van der Waals surface area contributed by atoms with Gasteiger partial charge in [0, 0.05) is 22.6 Å². The third kappa shape index (κ3) is 2.71. The number of anilines is 1. The Morgan fingerprint density at radius 1 is 1.45 bits per heavy atom. The van der Waals surface area contributed by atoms with Gasteiger partial charge in [-0.1, -0.05) is 22.0 Å². The van der Waals surface area contributed by atoms with E-state index in [0.717, 1.165) is 5.56 Å². The molecule has 0 aliphatic rings. The lowest BCUT2D eigenvalue weighted by atomic mass is 10.2. The van der Waals surface area contributed by atoms with E-state index in [-0.39, 0.29) is 22.7 Å². The van der Waals surface area contributed by atoms with Crippen molar-refractivity contribution in [3.8, 4) is 5.75 Å². The Morgan fingerprint density at radius 2 is 2.09 bits per heavy atom. The van der Waals surface area contributed by atoms with Crippen LogP contribution < -0.4 is 5.73 Å². The summed E-state index contributed by atoms with van der Waals surface area (Å²) in [4.78, 5) is 0. The van der Waals surface area contributed by atoms with Crippen LogP contribution in [0.2, 0.25) is 0 Å². The lowest BCUT2D eigenvalue weighted by Crippen LogP contribution is -1.85. The van der Waals surface area contributed by atoms with Gasteiger partial charge in [0.1, 0.15) is 5.75 Å². The first-order chi connectivity index (χ1) is 4.74. The normalized spacial score (nSPS) is 8.82. The second-order valence-electron chi connectivity index (χ2n) is 2.02. The van der Waals surface area contributed by atoms with Gasteiger partial charge in [-0.15, -0.1) is 17.0 Å². The SMILES string of the molecule is Br.Nc1ccc(CBr)c(O)c1. The molecule has 0 aromatic heterocycles. The number of phenolic OH excluding ortho intramolecular Hbond substituents is 1. The molecule has 4 heteroatoms. The number of halogens is 2. The summed E-state index contributed by atoms with van der Waals surface area (Å²) in [5.74, 6) is 0.247. The number of aromatic hydroxyl groups is 1. The van der Waals surface area contributed by atoms with Crippen LogP contribution in [0.1, 0.15) is 5.56 Å². The summed E-state index contributed by atoms with van der Waals surface area (Å²) >= 11 is 3.23. The van der Waals surface area contributed by atoms with Crippen molar-refractivity contribution in [2.45, 2.75) is 5.33 Å². The van der Waals surface area contributed by atoms with E-state index in [2.05, 4.69) is 15.9 Å². The highest BCUT2D eigenvalue weighted by atomic mass is 79.9. The minimum Gasteiger partial charge on any atom is -0.508 e. The Bertz CT molecular complexity index is 240. The van der Waals surface area contributed by atoms with Gasteiger partial charge in [0.25, 0.3) is 0 Å². The van der Waals surface area contributed by atoms with E-state index < -0.39 is 0 Å². The van der Waals surface area contributed by atoms with Crippen molar-refractivity contribution < 1.29 is 5.11 Å². The molecule has 0 heterocycles. The van der Waals surface area contributed by atoms with Gasteiger partial charge >= 0.3 is 0 Å². The average molecular weight is 283 g/mol. The molecule has 3 N–H and O–H groups in total. The quantitative estimate of drug-likeness (QED) is 0.614. The zero-order valence-electron chi connectivity index (χ0n) is 5.75. The Kier molecular flexibility index (Phi) is 4.52. The molecule has 0 bridgehead atoms. The van der Waals surface area contributed by atoms with Crippen molar-refractivity contribution in [1.29, 1.82) is 0 Å². The van der Waals surface area contributed by atoms with Crippen molar-refractivity contribution in [3.05, 3.63) is 23.8 Å². The van der Waals surface area contributed by atoms with Gasteiger partial charge in [0.2, 0.25) is 0 Å². The van der Waals surface area contributed by atoms with Crippen LogP contribution in [0.15, 0.2) is 18.2 Å². The lowest BCUT2D eigenvalue weighted by Gasteiger charge is -1.99. The Labute approximate surface area is 84.3 Å². The smallest absolute Gasteiger partial charge is 0.121 e. The molecule has 1 rings (SSSR count). The van der Waals surface area contributed by atoms with E-state index in [1.165, 1.54) is 6.07 Å². The van der Waals surface area contributed by atoms with Crippen LogP contribution in [0.25, 0.3) is 0 Å². The Hall–Kier alpha value is -0.220. The third-order valence-corrected chi connectivity index (χ3v) is 1.86. The van der Waals surface area contributed by atoms with Crippen molar-refractivity contribution in [1.82, 2.24) is 0 Å². The molecule has 2 nitrogen and oxygen atoms in total. The third-order valence-electron chi connectivity index (χ3n) is 1.25. The Morgan fingerprint density at radius 3 is 2.55 bits per heavy atom. The molecule has 0 saturated carbocycles. The van der Waals surface area contributed by atoms with E-state index in [4.69, 9.17) is 5.73 Å². The van der Waals surface area contributed by atoms with Gasteiger partial charge < -0.3 is 10.8 Å². The monoisotopic (exact) mass is 281 g/mol. The summed E-state index contributed by atoms with van der Waals surface area (Å²) in [6.45, 7) is 0. The van der Waals surface area contributed by atoms with Crippen LogP contribution in [0.3, 0.4) is 0 Å². The molecule has 0 unspecified atom stereocenters. The molecule has 1 aromatic rings. The van der Waals surface area contributed by atoms with Gasteiger partial charge in [-0.05, 0) is 6.07 Å². The maximum atomic E-state index is 9.18. The number of nitrogens with two attached hydrogens (primary N) is 1. The predicted octanol–water partition coefficient (Wildman–Crippen LogP) is 2.45. The van der Waals surface area contributed by atoms with Crippen molar-refractivity contribution in [2.24, 2.45) is 0 Å². The zero-order valence-corrected chi connectivity index (χ0v) is 9.05. The molecule has 1 aromatic carbocycles. The van der Waals surface area contributed by atoms with Crippen LogP contribution >= 0.6 is 32.9 Å². The Balaban J connectivity index is 0.000001000. The van der Waals surface area contributed by atoms with E-state index in [1.54, 1.807) is 12.1 Å². The number of phenols is 1. The number of hydrogen-bond acceptors (Lipinski definition) is 2. The molecular weight excluding hydrogens is 274 g/mol. The second-order valence-corrected chi connectivity index (χ2v) is 2.58. The summed E-state index contributed by atoms with van der Waals surface area (Å²) in [6, 6.07) is 5.09.